The third-order valence-electron chi connectivity index (χ3n) is 3.87. The minimum Gasteiger partial charge on any atom is -0.493 e. The molecular weight excluding hydrogens is 348 g/mol. The zero-order valence-corrected chi connectivity index (χ0v) is 14.9. The fourth-order valence-corrected chi connectivity index (χ4v) is 2.50. The molecule has 0 N–H and O–H groups in total. The van der Waals surface area contributed by atoms with Crippen molar-refractivity contribution in [2.24, 2.45) is 0 Å². The standard InChI is InChI=1S/C21H18O6/c1-24-18-9-7-14(11-20(18)25-2)8-10-21(23)26-13-16(22)19-12-15-5-3-4-6-17(15)27-19/h3-12H,13H2,1-2H3/b10-8+. The van der Waals surface area contributed by atoms with Crippen LogP contribution in [0.1, 0.15) is 16.1 Å². The highest BCUT2D eigenvalue weighted by Crippen LogP contribution is 2.28. The van der Waals surface area contributed by atoms with Crippen molar-refractivity contribution in [3.63, 3.8) is 0 Å². The number of para-hydroxylation sites is 1. The molecule has 0 aliphatic rings. The van der Waals surface area contributed by atoms with Gasteiger partial charge < -0.3 is 18.6 Å². The Kier molecular flexibility index (Phi) is 5.56. The van der Waals surface area contributed by atoms with Gasteiger partial charge in [-0.3, -0.25) is 4.79 Å². The molecule has 0 saturated heterocycles. The number of carbonyl (C=O) groups excluding carboxylic acids is 2. The van der Waals surface area contributed by atoms with E-state index in [-0.39, 0.29) is 5.76 Å². The van der Waals surface area contributed by atoms with E-state index in [4.69, 9.17) is 18.6 Å². The number of carbonyl (C=O) groups is 2. The molecule has 0 saturated carbocycles. The maximum absolute atomic E-state index is 12.1. The summed E-state index contributed by atoms with van der Waals surface area (Å²) in [5.41, 5.74) is 1.34. The molecule has 0 atom stereocenters. The molecule has 0 fully saturated rings. The first-order chi connectivity index (χ1) is 13.1. The van der Waals surface area contributed by atoms with Crippen LogP contribution >= 0.6 is 0 Å². The molecule has 0 amide bonds. The van der Waals surface area contributed by atoms with Crippen LogP contribution in [-0.2, 0) is 9.53 Å². The summed E-state index contributed by atoms with van der Waals surface area (Å²) in [6, 6.07) is 14.1. The van der Waals surface area contributed by atoms with E-state index in [1.165, 1.54) is 13.2 Å². The van der Waals surface area contributed by atoms with Gasteiger partial charge in [0.1, 0.15) is 5.58 Å². The molecule has 0 aliphatic carbocycles. The van der Waals surface area contributed by atoms with Crippen LogP contribution in [0.5, 0.6) is 11.5 Å². The second-order valence-electron chi connectivity index (χ2n) is 5.63. The van der Waals surface area contributed by atoms with Gasteiger partial charge in [-0.05, 0) is 35.9 Å². The highest BCUT2D eigenvalue weighted by molar-refractivity contribution is 5.99. The summed E-state index contributed by atoms with van der Waals surface area (Å²) in [4.78, 5) is 24.0. The minimum atomic E-state index is -0.630. The van der Waals surface area contributed by atoms with Gasteiger partial charge in [0.15, 0.2) is 23.9 Å². The molecule has 27 heavy (non-hydrogen) atoms. The van der Waals surface area contributed by atoms with Crippen molar-refractivity contribution >= 4 is 28.8 Å². The summed E-state index contributed by atoms with van der Waals surface area (Å²) in [5.74, 6) is 0.267. The van der Waals surface area contributed by atoms with Gasteiger partial charge in [0.2, 0.25) is 5.78 Å². The van der Waals surface area contributed by atoms with Crippen molar-refractivity contribution in [3.8, 4) is 11.5 Å². The molecule has 3 aromatic rings. The Labute approximate surface area is 155 Å². The van der Waals surface area contributed by atoms with Crippen LogP contribution in [0.3, 0.4) is 0 Å². The van der Waals surface area contributed by atoms with E-state index >= 15 is 0 Å². The predicted molar refractivity (Wildman–Crippen MR) is 100 cm³/mol. The first-order valence-electron chi connectivity index (χ1n) is 8.19. The lowest BCUT2D eigenvalue weighted by molar-refractivity contribution is -0.136. The number of ether oxygens (including phenoxy) is 3. The second-order valence-corrected chi connectivity index (χ2v) is 5.63. The van der Waals surface area contributed by atoms with Crippen molar-refractivity contribution in [2.75, 3.05) is 20.8 Å². The Bertz CT molecular complexity index is 966. The lowest BCUT2D eigenvalue weighted by atomic mass is 10.2. The third-order valence-corrected chi connectivity index (χ3v) is 3.87. The summed E-state index contributed by atoms with van der Waals surface area (Å²) in [6.07, 6.45) is 2.81. The molecule has 6 nitrogen and oxygen atoms in total. The van der Waals surface area contributed by atoms with Gasteiger partial charge in [-0.25, -0.2) is 4.79 Å². The normalized spacial score (nSPS) is 10.9. The molecule has 0 unspecified atom stereocenters. The number of ketones is 1. The smallest absolute Gasteiger partial charge is 0.331 e. The van der Waals surface area contributed by atoms with Gasteiger partial charge in [-0.2, -0.15) is 0 Å². The summed E-state index contributed by atoms with van der Waals surface area (Å²) in [6.45, 7) is -0.394. The molecule has 138 valence electrons. The van der Waals surface area contributed by atoms with Crippen molar-refractivity contribution in [1.29, 1.82) is 0 Å². The summed E-state index contributed by atoms with van der Waals surface area (Å²) >= 11 is 0. The zero-order valence-electron chi connectivity index (χ0n) is 14.9. The lowest BCUT2D eigenvalue weighted by Crippen LogP contribution is -2.11. The van der Waals surface area contributed by atoms with E-state index in [2.05, 4.69) is 0 Å². The van der Waals surface area contributed by atoms with Crippen LogP contribution in [-0.4, -0.2) is 32.6 Å². The van der Waals surface area contributed by atoms with E-state index in [1.54, 1.807) is 43.5 Å². The number of hydrogen-bond donors (Lipinski definition) is 0. The fourth-order valence-electron chi connectivity index (χ4n) is 2.50. The maximum Gasteiger partial charge on any atom is 0.331 e. The predicted octanol–water partition coefficient (Wildman–Crippen LogP) is 3.89. The van der Waals surface area contributed by atoms with Gasteiger partial charge in [-0.15, -0.1) is 0 Å². The Morgan fingerprint density at radius 2 is 1.78 bits per heavy atom. The number of methoxy groups -OCH3 is 2. The van der Waals surface area contributed by atoms with Crippen LogP contribution in [0.4, 0.5) is 0 Å². The number of fused-ring (bicyclic) bond motifs is 1. The van der Waals surface area contributed by atoms with Crippen molar-refractivity contribution in [2.45, 2.75) is 0 Å². The van der Waals surface area contributed by atoms with E-state index in [1.807, 2.05) is 18.2 Å². The Morgan fingerprint density at radius 3 is 2.52 bits per heavy atom. The number of Topliss-reactive ketones (excluding diaryl/α,β-unsaturated/α-hetero) is 1. The molecule has 1 heterocycles. The molecule has 1 aromatic heterocycles. The largest absolute Gasteiger partial charge is 0.493 e. The van der Waals surface area contributed by atoms with Crippen LogP contribution in [0, 0.1) is 0 Å². The average molecular weight is 366 g/mol. The number of esters is 1. The van der Waals surface area contributed by atoms with Crippen molar-refractivity contribution in [1.82, 2.24) is 0 Å². The van der Waals surface area contributed by atoms with Gasteiger partial charge in [0.25, 0.3) is 0 Å². The van der Waals surface area contributed by atoms with Crippen LogP contribution in [0.15, 0.2) is 59.0 Å². The molecule has 3 rings (SSSR count). The highest BCUT2D eigenvalue weighted by atomic mass is 16.5. The molecule has 0 aliphatic heterocycles. The van der Waals surface area contributed by atoms with E-state index in [9.17, 15) is 9.59 Å². The summed E-state index contributed by atoms with van der Waals surface area (Å²) < 4.78 is 20.8. The van der Waals surface area contributed by atoms with Crippen LogP contribution < -0.4 is 9.47 Å². The molecule has 0 spiro atoms. The Morgan fingerprint density at radius 1 is 1.00 bits per heavy atom. The average Bonchev–Trinajstić information content (AvgIpc) is 3.14. The number of furan rings is 1. The number of benzene rings is 2. The monoisotopic (exact) mass is 366 g/mol. The fraction of sp³-hybridized carbons (Fsp3) is 0.143. The Balaban J connectivity index is 1.59. The van der Waals surface area contributed by atoms with Crippen molar-refractivity contribution < 1.29 is 28.2 Å². The molecular formula is C21H18O6. The molecule has 6 heteroatoms. The van der Waals surface area contributed by atoms with Gasteiger partial charge in [-0.1, -0.05) is 24.3 Å². The molecule has 0 bridgehead atoms. The van der Waals surface area contributed by atoms with Gasteiger partial charge >= 0.3 is 5.97 Å². The van der Waals surface area contributed by atoms with Crippen LogP contribution in [0.25, 0.3) is 17.0 Å². The number of rotatable bonds is 7. The quantitative estimate of drug-likeness (QED) is 0.359. The summed E-state index contributed by atoms with van der Waals surface area (Å²) in [7, 11) is 3.08. The topological polar surface area (TPSA) is 75.0 Å². The lowest BCUT2D eigenvalue weighted by Gasteiger charge is -2.07. The molecule has 2 aromatic carbocycles. The van der Waals surface area contributed by atoms with E-state index in [0.29, 0.717) is 17.1 Å². The third kappa shape index (κ3) is 4.36. The SMILES string of the molecule is COc1ccc(/C=C/C(=O)OCC(=O)c2cc3ccccc3o2)cc1OC. The van der Waals surface area contributed by atoms with E-state index < -0.39 is 18.4 Å². The van der Waals surface area contributed by atoms with Crippen molar-refractivity contribution in [3.05, 3.63) is 65.9 Å². The van der Waals surface area contributed by atoms with Crippen LogP contribution in [0.2, 0.25) is 0 Å². The Hall–Kier alpha value is -3.54. The molecule has 0 radical (unpaired) electrons. The highest BCUT2D eigenvalue weighted by Gasteiger charge is 2.14. The first kappa shape index (κ1) is 18.3. The zero-order chi connectivity index (χ0) is 19.2. The van der Waals surface area contributed by atoms with E-state index in [0.717, 1.165) is 10.9 Å². The van der Waals surface area contributed by atoms with Gasteiger partial charge in [0.05, 0.1) is 14.2 Å². The maximum atomic E-state index is 12.1. The van der Waals surface area contributed by atoms with Gasteiger partial charge in [0, 0.05) is 11.5 Å². The second kappa shape index (κ2) is 8.23. The minimum absolute atomic E-state index is 0.160. The summed E-state index contributed by atoms with van der Waals surface area (Å²) in [5, 5.41) is 0.820. The number of hydrogen-bond acceptors (Lipinski definition) is 6. The first-order valence-corrected chi connectivity index (χ1v) is 8.19.